The summed E-state index contributed by atoms with van der Waals surface area (Å²) in [6, 6.07) is -0.984. The Morgan fingerprint density at radius 2 is 1.91 bits per heavy atom. The van der Waals surface area contributed by atoms with Crippen molar-refractivity contribution in [2.75, 3.05) is 13.7 Å². The highest BCUT2D eigenvalue weighted by Crippen LogP contribution is 2.40. The minimum Gasteiger partial charge on any atom is -0.464 e. The van der Waals surface area contributed by atoms with Crippen molar-refractivity contribution in [3.63, 3.8) is 0 Å². The maximum atomic E-state index is 12.2. The fraction of sp³-hybridized carbons (Fsp3) is 0.857. The first-order valence-corrected chi connectivity index (χ1v) is 7.26. The van der Waals surface area contributed by atoms with Crippen LogP contribution in [-0.2, 0) is 33.3 Å². The number of fused-ring (bicyclic) bond motifs is 1. The molecule has 1 N–H and O–H groups in total. The van der Waals surface area contributed by atoms with Crippen molar-refractivity contribution in [3.05, 3.63) is 0 Å². The standard InChI is InChI=1S/C14H23NO7/c1-6-19-12(17)8(15-7(2)16)9-10-11(13(18-5)20-9)22-14(3,4)21-10/h8-11,13H,6H2,1-5H3,(H,15,16)/t8-,9+,10-,11-,13-/m0/s1. The molecule has 0 spiro atoms. The lowest BCUT2D eigenvalue weighted by molar-refractivity contribution is -0.230. The molecule has 0 aromatic carbocycles. The number of amides is 1. The third-order valence-corrected chi connectivity index (χ3v) is 3.51. The number of methoxy groups -OCH3 is 1. The predicted molar refractivity (Wildman–Crippen MR) is 73.7 cm³/mol. The third kappa shape index (κ3) is 3.40. The van der Waals surface area contributed by atoms with Gasteiger partial charge in [0.15, 0.2) is 18.1 Å². The summed E-state index contributed by atoms with van der Waals surface area (Å²) in [5, 5.41) is 2.56. The molecule has 0 aromatic rings. The maximum Gasteiger partial charge on any atom is 0.331 e. The van der Waals surface area contributed by atoms with Gasteiger partial charge < -0.3 is 29.0 Å². The van der Waals surface area contributed by atoms with Crippen molar-refractivity contribution in [1.29, 1.82) is 0 Å². The van der Waals surface area contributed by atoms with E-state index >= 15 is 0 Å². The molecule has 2 aliphatic rings. The van der Waals surface area contributed by atoms with Gasteiger partial charge >= 0.3 is 5.97 Å². The summed E-state index contributed by atoms with van der Waals surface area (Å²) in [5.74, 6) is -1.76. The lowest BCUT2D eigenvalue weighted by Crippen LogP contribution is -2.53. The topological polar surface area (TPSA) is 92.3 Å². The number of carbonyl (C=O) groups is 2. The molecule has 126 valence electrons. The Morgan fingerprint density at radius 3 is 2.45 bits per heavy atom. The third-order valence-electron chi connectivity index (χ3n) is 3.51. The van der Waals surface area contributed by atoms with E-state index in [9.17, 15) is 9.59 Å². The normalized spacial score (nSPS) is 34.0. The van der Waals surface area contributed by atoms with E-state index in [1.54, 1.807) is 20.8 Å². The van der Waals surface area contributed by atoms with E-state index in [2.05, 4.69) is 5.32 Å². The SMILES string of the molecule is CCOC(=O)[C@@H](NC(C)=O)[C@H]1O[C@H](OC)[C@H]2OC(C)(C)O[C@H]21. The number of ether oxygens (including phenoxy) is 5. The Morgan fingerprint density at radius 1 is 1.27 bits per heavy atom. The molecule has 0 radical (unpaired) electrons. The number of hydrogen-bond acceptors (Lipinski definition) is 7. The molecule has 8 nitrogen and oxygen atoms in total. The monoisotopic (exact) mass is 317 g/mol. The van der Waals surface area contributed by atoms with Gasteiger partial charge in [-0.05, 0) is 20.8 Å². The largest absolute Gasteiger partial charge is 0.464 e. The molecule has 22 heavy (non-hydrogen) atoms. The highest BCUT2D eigenvalue weighted by atomic mass is 16.8. The van der Waals surface area contributed by atoms with Gasteiger partial charge in [-0.15, -0.1) is 0 Å². The first-order valence-electron chi connectivity index (χ1n) is 7.26. The molecule has 2 saturated heterocycles. The molecule has 2 heterocycles. The number of rotatable bonds is 5. The van der Waals surface area contributed by atoms with Crippen molar-refractivity contribution in [3.8, 4) is 0 Å². The Balaban J connectivity index is 2.22. The smallest absolute Gasteiger partial charge is 0.331 e. The van der Waals surface area contributed by atoms with E-state index in [0.717, 1.165) is 0 Å². The zero-order valence-electron chi connectivity index (χ0n) is 13.5. The van der Waals surface area contributed by atoms with Crippen molar-refractivity contribution in [2.45, 2.75) is 64.1 Å². The van der Waals surface area contributed by atoms with E-state index < -0.39 is 42.4 Å². The summed E-state index contributed by atoms with van der Waals surface area (Å²) in [5.41, 5.74) is 0. The summed E-state index contributed by atoms with van der Waals surface area (Å²) >= 11 is 0. The van der Waals surface area contributed by atoms with Crippen LogP contribution in [0.3, 0.4) is 0 Å². The molecule has 1 amide bonds. The minimum absolute atomic E-state index is 0.201. The lowest BCUT2D eigenvalue weighted by atomic mass is 10.0. The van der Waals surface area contributed by atoms with Gasteiger partial charge in [0.1, 0.15) is 18.3 Å². The first kappa shape index (κ1) is 17.1. The average Bonchev–Trinajstić information content (AvgIpc) is 2.89. The molecule has 8 heteroatoms. The van der Waals surface area contributed by atoms with E-state index in [4.69, 9.17) is 23.7 Å². The predicted octanol–water partition coefficient (Wildman–Crippen LogP) is -0.0544. The summed E-state index contributed by atoms with van der Waals surface area (Å²) in [4.78, 5) is 23.6. The molecule has 0 bridgehead atoms. The number of nitrogens with one attached hydrogen (secondary N) is 1. The van der Waals surface area contributed by atoms with Gasteiger partial charge in [-0.25, -0.2) is 4.79 Å². The zero-order chi connectivity index (χ0) is 16.5. The summed E-state index contributed by atoms with van der Waals surface area (Å²) in [6.45, 7) is 6.76. The number of carbonyl (C=O) groups excluding carboxylic acids is 2. The number of hydrogen-bond donors (Lipinski definition) is 1. The van der Waals surface area contributed by atoms with E-state index in [1.807, 2.05) is 0 Å². The van der Waals surface area contributed by atoms with Crippen LogP contribution in [0.4, 0.5) is 0 Å². The van der Waals surface area contributed by atoms with E-state index in [0.29, 0.717) is 0 Å². The van der Waals surface area contributed by atoms with Crippen LogP contribution >= 0.6 is 0 Å². The van der Waals surface area contributed by atoms with Crippen LogP contribution in [0.25, 0.3) is 0 Å². The fourth-order valence-corrected chi connectivity index (χ4v) is 2.78. The van der Waals surface area contributed by atoms with Crippen molar-refractivity contribution < 1.29 is 33.3 Å². The van der Waals surface area contributed by atoms with Crippen LogP contribution in [0.5, 0.6) is 0 Å². The van der Waals surface area contributed by atoms with Crippen LogP contribution in [0, 0.1) is 0 Å². The second-order valence-electron chi connectivity index (χ2n) is 5.70. The van der Waals surface area contributed by atoms with Crippen molar-refractivity contribution in [1.82, 2.24) is 5.32 Å². The van der Waals surface area contributed by atoms with Gasteiger partial charge in [0, 0.05) is 14.0 Å². The Kier molecular flexibility index (Phi) is 5.06. The van der Waals surface area contributed by atoms with Crippen LogP contribution in [0.15, 0.2) is 0 Å². The number of esters is 1. The zero-order valence-corrected chi connectivity index (χ0v) is 13.5. The van der Waals surface area contributed by atoms with Gasteiger partial charge in [0.05, 0.1) is 6.61 Å². The van der Waals surface area contributed by atoms with Crippen molar-refractivity contribution in [2.24, 2.45) is 0 Å². The fourth-order valence-electron chi connectivity index (χ4n) is 2.78. The molecule has 2 rings (SSSR count). The molecule has 0 unspecified atom stereocenters. The Hall–Kier alpha value is -1.22. The van der Waals surface area contributed by atoms with Gasteiger partial charge in [-0.2, -0.15) is 0 Å². The van der Waals surface area contributed by atoms with Crippen molar-refractivity contribution >= 4 is 11.9 Å². The van der Waals surface area contributed by atoms with Crippen LogP contribution < -0.4 is 5.32 Å². The van der Waals surface area contributed by atoms with Crippen LogP contribution in [0.1, 0.15) is 27.7 Å². The van der Waals surface area contributed by atoms with Gasteiger partial charge in [0.25, 0.3) is 0 Å². The van der Waals surface area contributed by atoms with Gasteiger partial charge in [-0.3, -0.25) is 4.79 Å². The highest BCUT2D eigenvalue weighted by molar-refractivity contribution is 5.84. The second kappa shape index (κ2) is 6.49. The minimum atomic E-state index is -0.984. The average molecular weight is 317 g/mol. The summed E-state index contributed by atoms with van der Waals surface area (Å²) < 4.78 is 27.6. The first-order chi connectivity index (χ1) is 10.3. The van der Waals surface area contributed by atoms with E-state index in [-0.39, 0.29) is 12.5 Å². The maximum absolute atomic E-state index is 12.2. The molecular formula is C14H23NO7. The lowest BCUT2D eigenvalue weighted by Gasteiger charge is -2.27. The van der Waals surface area contributed by atoms with Crippen LogP contribution in [0.2, 0.25) is 0 Å². The summed E-state index contributed by atoms with van der Waals surface area (Å²) in [6.07, 6.45) is -2.45. The highest BCUT2D eigenvalue weighted by Gasteiger charge is 2.59. The summed E-state index contributed by atoms with van der Waals surface area (Å²) in [7, 11) is 1.48. The van der Waals surface area contributed by atoms with Gasteiger partial charge in [0.2, 0.25) is 5.91 Å². The molecule has 0 saturated carbocycles. The molecule has 0 aromatic heterocycles. The Bertz CT molecular complexity index is 439. The molecule has 5 atom stereocenters. The van der Waals surface area contributed by atoms with Gasteiger partial charge in [-0.1, -0.05) is 0 Å². The Labute approximate surface area is 129 Å². The molecule has 2 fully saturated rings. The molecule has 2 aliphatic heterocycles. The second-order valence-corrected chi connectivity index (χ2v) is 5.70. The molecule has 0 aliphatic carbocycles. The quantitative estimate of drug-likeness (QED) is 0.710. The molecular weight excluding hydrogens is 294 g/mol. The van der Waals surface area contributed by atoms with E-state index in [1.165, 1.54) is 14.0 Å². The van der Waals surface area contributed by atoms with Crippen LogP contribution in [-0.4, -0.2) is 62.0 Å².